The zero-order valence-electron chi connectivity index (χ0n) is 26.2. The fourth-order valence-corrected chi connectivity index (χ4v) is 11.7. The van der Waals surface area contributed by atoms with Crippen molar-refractivity contribution in [2.75, 3.05) is 0 Å². The van der Waals surface area contributed by atoms with Gasteiger partial charge in [-0.2, -0.15) is 0 Å². The lowest BCUT2D eigenvalue weighted by Gasteiger charge is -2.54. The molecule has 0 aromatic rings. The third-order valence-corrected chi connectivity index (χ3v) is 14.1. The number of hydrogen-bond acceptors (Lipinski definition) is 2. The van der Waals surface area contributed by atoms with Crippen LogP contribution in [-0.2, 0) is 9.59 Å². The van der Waals surface area contributed by atoms with Gasteiger partial charge >= 0.3 is 0 Å². The second-order valence-electron chi connectivity index (χ2n) is 14.6. The van der Waals surface area contributed by atoms with Crippen LogP contribution >= 0.6 is 31.9 Å². The predicted octanol–water partition coefficient (Wildman–Crippen LogP) is 11.0. The van der Waals surface area contributed by atoms with Gasteiger partial charge in [0.2, 0.25) is 0 Å². The number of carbonyl (C=O) groups excluding carboxylic acids is 2. The number of carbonyl (C=O) groups is 2. The Labute approximate surface area is 264 Å². The van der Waals surface area contributed by atoms with Crippen molar-refractivity contribution < 1.29 is 9.59 Å². The monoisotopic (exact) mass is 682 g/mol. The van der Waals surface area contributed by atoms with Crippen LogP contribution in [0.2, 0.25) is 0 Å². The molecule has 0 saturated heterocycles. The van der Waals surface area contributed by atoms with Crippen LogP contribution in [0.3, 0.4) is 0 Å². The number of halogens is 2. The zero-order valence-corrected chi connectivity index (χ0v) is 29.4. The highest BCUT2D eigenvalue weighted by molar-refractivity contribution is 9.10. The number of unbranched alkanes of at least 4 members (excludes halogenated alkanes) is 6. The van der Waals surface area contributed by atoms with E-state index in [1.807, 2.05) is 0 Å². The highest BCUT2D eigenvalue weighted by Crippen LogP contribution is 2.62. The number of rotatable bonds is 16. The van der Waals surface area contributed by atoms with Crippen molar-refractivity contribution in [1.29, 1.82) is 0 Å². The van der Waals surface area contributed by atoms with Crippen molar-refractivity contribution in [2.24, 2.45) is 59.2 Å². The molecule has 12 unspecified atom stereocenters. The Kier molecular flexibility index (Phi) is 13.2. The van der Waals surface area contributed by atoms with E-state index in [9.17, 15) is 9.59 Å². The summed E-state index contributed by atoms with van der Waals surface area (Å²) < 4.78 is 0. The predicted molar refractivity (Wildman–Crippen MR) is 176 cm³/mol. The van der Waals surface area contributed by atoms with Gasteiger partial charge in [0, 0.05) is 11.8 Å². The largest absolute Gasteiger partial charge is 0.298 e. The molecule has 0 aromatic carbocycles. The SMILES string of the molecule is CCCCCCC(CC)CC1C2CC(Br)C(=O)C2CC2C(CC(CC)CCCCCC)C3CC(Br)C(=O)C3CC12. The normalized spacial score (nSPS) is 38.6. The molecular formula is C36H60Br2O2. The maximum absolute atomic E-state index is 13.6. The third-order valence-electron chi connectivity index (χ3n) is 12.4. The summed E-state index contributed by atoms with van der Waals surface area (Å²) in [6, 6.07) is 0. The molecule has 4 fully saturated rings. The van der Waals surface area contributed by atoms with E-state index < -0.39 is 0 Å². The fraction of sp³-hybridized carbons (Fsp3) is 0.944. The lowest BCUT2D eigenvalue weighted by molar-refractivity contribution is -0.133. The van der Waals surface area contributed by atoms with Crippen molar-refractivity contribution in [3.8, 4) is 0 Å². The molecule has 0 radical (unpaired) electrons. The molecule has 4 aliphatic carbocycles. The lowest BCUT2D eigenvalue weighted by Crippen LogP contribution is -2.50. The molecule has 0 aromatic heterocycles. The van der Waals surface area contributed by atoms with Gasteiger partial charge in [-0.15, -0.1) is 0 Å². The molecule has 12 atom stereocenters. The van der Waals surface area contributed by atoms with E-state index in [1.54, 1.807) is 0 Å². The minimum absolute atomic E-state index is 0.0586. The minimum atomic E-state index is 0.0586. The summed E-state index contributed by atoms with van der Waals surface area (Å²) in [5.74, 6) is 6.68. The van der Waals surface area contributed by atoms with Crippen molar-refractivity contribution >= 4 is 43.4 Å². The molecule has 0 spiro atoms. The van der Waals surface area contributed by atoms with Gasteiger partial charge in [-0.05, 0) is 85.9 Å². The average Bonchev–Trinajstić information content (AvgIpc) is 3.40. The fourth-order valence-electron chi connectivity index (χ4n) is 10.2. The second kappa shape index (κ2) is 15.9. The summed E-state index contributed by atoms with van der Waals surface area (Å²) in [4.78, 5) is 27.3. The standard InChI is InChI=1S/C36H60Br2O2/c1-5-9-11-13-15-23(7-3)17-25-27-19-32-30(22-34(38)36(32)40)26(18-24(8-4)16-14-12-10-6-2)28(27)20-31-29(25)21-33(37)35(31)39/h23-34H,5-22H2,1-4H3. The topological polar surface area (TPSA) is 34.1 Å². The Bertz CT molecular complexity index is 747. The minimum Gasteiger partial charge on any atom is -0.298 e. The molecule has 4 rings (SSSR count). The van der Waals surface area contributed by atoms with Gasteiger partial charge in [0.05, 0.1) is 9.65 Å². The van der Waals surface area contributed by atoms with Crippen LogP contribution in [0.5, 0.6) is 0 Å². The third kappa shape index (κ3) is 7.50. The first kappa shape index (κ1) is 33.2. The van der Waals surface area contributed by atoms with Gasteiger partial charge in [0.15, 0.2) is 0 Å². The Morgan fingerprint density at radius 1 is 0.575 bits per heavy atom. The number of Topliss-reactive ketones (excluding diaryl/α,β-unsaturated/α-hetero) is 2. The summed E-state index contributed by atoms with van der Waals surface area (Å²) in [5.41, 5.74) is 0. The van der Waals surface area contributed by atoms with Gasteiger partial charge in [0.1, 0.15) is 11.6 Å². The van der Waals surface area contributed by atoms with E-state index in [-0.39, 0.29) is 21.5 Å². The van der Waals surface area contributed by atoms with Gasteiger partial charge < -0.3 is 0 Å². The summed E-state index contributed by atoms with van der Waals surface area (Å²) in [5, 5.41) is 0. The Balaban J connectivity index is 1.60. The maximum Gasteiger partial charge on any atom is 0.149 e. The molecule has 230 valence electrons. The Hall–Kier alpha value is 0.300. The van der Waals surface area contributed by atoms with Crippen LogP contribution in [0.1, 0.15) is 143 Å². The van der Waals surface area contributed by atoms with E-state index in [0.717, 1.165) is 37.5 Å². The van der Waals surface area contributed by atoms with Crippen LogP contribution in [-0.4, -0.2) is 21.2 Å². The Morgan fingerprint density at radius 3 is 1.32 bits per heavy atom. The van der Waals surface area contributed by atoms with Crippen molar-refractivity contribution in [3.05, 3.63) is 0 Å². The van der Waals surface area contributed by atoms with Crippen LogP contribution in [0.4, 0.5) is 0 Å². The first-order valence-electron chi connectivity index (χ1n) is 17.7. The van der Waals surface area contributed by atoms with Crippen molar-refractivity contribution in [3.63, 3.8) is 0 Å². The van der Waals surface area contributed by atoms with Crippen LogP contribution < -0.4 is 0 Å². The molecular weight excluding hydrogens is 624 g/mol. The van der Waals surface area contributed by atoms with Crippen molar-refractivity contribution in [1.82, 2.24) is 0 Å². The summed E-state index contributed by atoms with van der Waals surface area (Å²) in [7, 11) is 0. The molecule has 0 N–H and O–H groups in total. The molecule has 4 saturated carbocycles. The summed E-state index contributed by atoms with van der Waals surface area (Å²) in [6.45, 7) is 9.40. The molecule has 4 heteroatoms. The van der Waals surface area contributed by atoms with Gasteiger partial charge in [-0.25, -0.2) is 0 Å². The molecule has 40 heavy (non-hydrogen) atoms. The first-order chi connectivity index (χ1) is 19.3. The first-order valence-corrected chi connectivity index (χ1v) is 19.5. The highest BCUT2D eigenvalue weighted by Gasteiger charge is 2.60. The smallest absolute Gasteiger partial charge is 0.149 e. The molecule has 0 bridgehead atoms. The average molecular weight is 685 g/mol. The van der Waals surface area contributed by atoms with Crippen molar-refractivity contribution in [2.45, 2.75) is 153 Å². The van der Waals surface area contributed by atoms with Crippen LogP contribution in [0.15, 0.2) is 0 Å². The molecule has 2 nitrogen and oxygen atoms in total. The highest BCUT2D eigenvalue weighted by atomic mass is 79.9. The molecule has 0 heterocycles. The van der Waals surface area contributed by atoms with Gasteiger partial charge in [-0.3, -0.25) is 9.59 Å². The lowest BCUT2D eigenvalue weighted by atomic mass is 9.49. The van der Waals surface area contributed by atoms with Crippen LogP contribution in [0, 0.1) is 59.2 Å². The van der Waals surface area contributed by atoms with Gasteiger partial charge in [-0.1, -0.05) is 137 Å². The second-order valence-corrected chi connectivity index (χ2v) is 16.8. The maximum atomic E-state index is 13.6. The number of alkyl halides is 2. The zero-order chi connectivity index (χ0) is 28.8. The number of hydrogen-bond donors (Lipinski definition) is 0. The van der Waals surface area contributed by atoms with E-state index in [0.29, 0.717) is 47.1 Å². The van der Waals surface area contributed by atoms with E-state index in [1.165, 1.54) is 89.9 Å². The van der Waals surface area contributed by atoms with E-state index >= 15 is 0 Å². The summed E-state index contributed by atoms with van der Waals surface area (Å²) >= 11 is 7.65. The number of ketones is 2. The summed E-state index contributed by atoms with van der Waals surface area (Å²) in [6.07, 6.45) is 22.8. The Morgan fingerprint density at radius 2 is 0.975 bits per heavy atom. The number of fused-ring (bicyclic) bond motifs is 3. The quantitative estimate of drug-likeness (QED) is 0.120. The van der Waals surface area contributed by atoms with E-state index in [2.05, 4.69) is 59.6 Å². The molecule has 0 aliphatic heterocycles. The molecule has 4 aliphatic rings. The van der Waals surface area contributed by atoms with E-state index in [4.69, 9.17) is 0 Å². The van der Waals surface area contributed by atoms with Gasteiger partial charge in [0.25, 0.3) is 0 Å². The molecule has 0 amide bonds. The van der Waals surface area contributed by atoms with Crippen LogP contribution in [0.25, 0.3) is 0 Å².